The molecule has 2 aromatic carbocycles. The van der Waals surface area contributed by atoms with Crippen LogP contribution in [0, 0.1) is 6.92 Å². The molecule has 0 saturated heterocycles. The number of Topliss-reactive ketones (excluding diaryl/α,β-unsaturated/α-hetero) is 1. The zero-order chi connectivity index (χ0) is 21.7. The van der Waals surface area contributed by atoms with Crippen LogP contribution in [-0.4, -0.2) is 27.0 Å². The number of aliphatic hydroxyl groups is 1. The molecule has 0 spiro atoms. The fraction of sp³-hybridized carbons (Fsp3) is 0.0909. The Morgan fingerprint density at radius 3 is 2.68 bits per heavy atom. The van der Waals surface area contributed by atoms with E-state index in [4.69, 9.17) is 4.42 Å². The molecule has 7 nitrogen and oxygen atoms in total. The van der Waals surface area contributed by atoms with Crippen LogP contribution < -0.4 is 4.90 Å². The van der Waals surface area contributed by atoms with Gasteiger partial charge in [-0.25, -0.2) is 0 Å². The summed E-state index contributed by atoms with van der Waals surface area (Å²) in [5.74, 6) is -1.84. The third-order valence-electron chi connectivity index (χ3n) is 4.99. The van der Waals surface area contributed by atoms with Crippen LogP contribution in [0.15, 0.2) is 74.8 Å². The number of halogens is 1. The van der Waals surface area contributed by atoms with Gasteiger partial charge in [0.05, 0.1) is 11.6 Å². The molecule has 0 radical (unpaired) electrons. The molecule has 9 heteroatoms. The second kappa shape index (κ2) is 7.44. The first-order chi connectivity index (χ1) is 14.9. The Balaban J connectivity index is 1.67. The molecule has 154 valence electrons. The maximum Gasteiger partial charge on any atom is 0.296 e. The maximum absolute atomic E-state index is 13.5. The Morgan fingerprint density at radius 2 is 1.97 bits per heavy atom. The summed E-state index contributed by atoms with van der Waals surface area (Å²) >= 11 is 4.64. The number of hydrogen-bond donors (Lipinski definition) is 1. The van der Waals surface area contributed by atoms with Crippen LogP contribution in [0.4, 0.5) is 5.13 Å². The fourth-order valence-electron chi connectivity index (χ4n) is 3.64. The van der Waals surface area contributed by atoms with E-state index in [1.807, 2.05) is 18.2 Å². The van der Waals surface area contributed by atoms with Crippen LogP contribution in [0.2, 0.25) is 0 Å². The number of amides is 1. The van der Waals surface area contributed by atoms with E-state index in [1.54, 1.807) is 43.3 Å². The lowest BCUT2D eigenvalue weighted by atomic mass is 9.95. The summed E-state index contributed by atoms with van der Waals surface area (Å²) in [7, 11) is 0. The Morgan fingerprint density at radius 1 is 1.16 bits per heavy atom. The number of benzene rings is 2. The van der Waals surface area contributed by atoms with Crippen molar-refractivity contribution in [2.24, 2.45) is 0 Å². The summed E-state index contributed by atoms with van der Waals surface area (Å²) in [5.41, 5.74) is 1.12. The molecule has 1 atom stereocenters. The monoisotopic (exact) mass is 495 g/mol. The fourth-order valence-corrected chi connectivity index (χ4v) is 4.77. The van der Waals surface area contributed by atoms with Crippen molar-refractivity contribution in [2.45, 2.75) is 13.0 Å². The molecule has 3 heterocycles. The van der Waals surface area contributed by atoms with E-state index < -0.39 is 23.5 Å². The summed E-state index contributed by atoms with van der Waals surface area (Å²) in [6, 6.07) is 15.2. The third-order valence-corrected chi connectivity index (χ3v) is 6.32. The van der Waals surface area contributed by atoms with E-state index in [9.17, 15) is 14.7 Å². The van der Waals surface area contributed by atoms with Crippen LogP contribution in [0.3, 0.4) is 0 Å². The van der Waals surface area contributed by atoms with Crippen molar-refractivity contribution in [3.63, 3.8) is 0 Å². The Labute approximate surface area is 188 Å². The summed E-state index contributed by atoms with van der Waals surface area (Å²) in [6.07, 6.45) is 0. The van der Waals surface area contributed by atoms with Gasteiger partial charge in [0.1, 0.15) is 10.6 Å². The Bertz CT molecular complexity index is 1360. The number of furan rings is 1. The molecule has 0 aliphatic carbocycles. The van der Waals surface area contributed by atoms with Crippen LogP contribution in [0.1, 0.15) is 27.2 Å². The minimum atomic E-state index is -0.877. The topological polar surface area (TPSA) is 96.5 Å². The highest BCUT2D eigenvalue weighted by molar-refractivity contribution is 9.10. The lowest BCUT2D eigenvalue weighted by molar-refractivity contribution is -0.117. The number of ketones is 1. The number of para-hydroxylation sites is 1. The second-order valence-corrected chi connectivity index (χ2v) is 9.05. The van der Waals surface area contributed by atoms with Crippen molar-refractivity contribution in [3.8, 4) is 0 Å². The first-order valence-electron chi connectivity index (χ1n) is 9.29. The number of fused-ring (bicyclic) bond motifs is 1. The van der Waals surface area contributed by atoms with Crippen LogP contribution in [0.25, 0.3) is 11.0 Å². The highest BCUT2D eigenvalue weighted by Gasteiger charge is 2.46. The first-order valence-corrected chi connectivity index (χ1v) is 10.9. The SMILES string of the molecule is Cc1nnc(N2C(=O)C(O)=C(C(=O)c3cc4ccccc4o3)[C@@H]2c2cccc(Br)c2)s1. The lowest BCUT2D eigenvalue weighted by Gasteiger charge is -2.24. The molecule has 0 unspecified atom stereocenters. The normalized spacial score (nSPS) is 16.5. The van der Waals surface area contributed by atoms with Gasteiger partial charge in [-0.15, -0.1) is 10.2 Å². The van der Waals surface area contributed by atoms with Gasteiger partial charge in [0.2, 0.25) is 10.9 Å². The van der Waals surface area contributed by atoms with Crippen molar-refractivity contribution in [1.82, 2.24) is 10.2 Å². The number of rotatable bonds is 4. The van der Waals surface area contributed by atoms with Gasteiger partial charge < -0.3 is 9.52 Å². The molecular formula is C22H14BrN3O4S. The predicted octanol–water partition coefficient (Wildman–Crippen LogP) is 5.14. The van der Waals surface area contributed by atoms with Gasteiger partial charge in [-0.3, -0.25) is 14.5 Å². The molecule has 0 fully saturated rings. The van der Waals surface area contributed by atoms with Crippen molar-refractivity contribution < 1.29 is 19.1 Å². The van der Waals surface area contributed by atoms with E-state index in [-0.39, 0.29) is 11.3 Å². The molecule has 5 rings (SSSR count). The molecular weight excluding hydrogens is 482 g/mol. The van der Waals surface area contributed by atoms with Crippen molar-refractivity contribution >= 4 is 55.1 Å². The number of hydrogen-bond acceptors (Lipinski definition) is 7. The molecule has 0 bridgehead atoms. The van der Waals surface area contributed by atoms with Gasteiger partial charge in [0.25, 0.3) is 5.91 Å². The van der Waals surface area contributed by atoms with Gasteiger partial charge in [-0.2, -0.15) is 0 Å². The number of carbonyl (C=O) groups is 2. The van der Waals surface area contributed by atoms with E-state index in [2.05, 4.69) is 26.1 Å². The van der Waals surface area contributed by atoms with Gasteiger partial charge in [-0.1, -0.05) is 57.6 Å². The number of anilines is 1. The number of aliphatic hydroxyl groups excluding tert-OH is 1. The molecule has 1 aliphatic heterocycles. The zero-order valence-electron chi connectivity index (χ0n) is 16.1. The number of aromatic nitrogens is 2. The zero-order valence-corrected chi connectivity index (χ0v) is 18.5. The van der Waals surface area contributed by atoms with Gasteiger partial charge >= 0.3 is 0 Å². The van der Waals surface area contributed by atoms with E-state index in [1.165, 1.54) is 16.2 Å². The minimum Gasteiger partial charge on any atom is -0.503 e. The molecule has 1 amide bonds. The molecule has 0 saturated carbocycles. The standard InChI is InChI=1S/C22H14BrN3O4S/c1-11-24-25-22(31-11)26-18(13-6-4-7-14(23)9-13)17(20(28)21(26)29)19(27)16-10-12-5-2-3-8-15(12)30-16/h2-10,18,28H,1H3/t18-/m0/s1. The Hall–Kier alpha value is -3.30. The lowest BCUT2D eigenvalue weighted by Crippen LogP contribution is -2.31. The molecule has 2 aromatic heterocycles. The van der Waals surface area contributed by atoms with Gasteiger partial charge in [0, 0.05) is 9.86 Å². The average molecular weight is 496 g/mol. The Kier molecular flexibility index (Phi) is 4.71. The van der Waals surface area contributed by atoms with E-state index in [0.717, 1.165) is 9.86 Å². The number of nitrogens with zero attached hydrogens (tertiary/aromatic N) is 3. The summed E-state index contributed by atoms with van der Waals surface area (Å²) in [6.45, 7) is 1.77. The van der Waals surface area contributed by atoms with Gasteiger partial charge in [0.15, 0.2) is 11.5 Å². The van der Waals surface area contributed by atoms with Crippen molar-refractivity contribution in [1.29, 1.82) is 0 Å². The predicted molar refractivity (Wildman–Crippen MR) is 119 cm³/mol. The molecule has 31 heavy (non-hydrogen) atoms. The third kappa shape index (κ3) is 3.26. The first kappa shape index (κ1) is 19.7. The van der Waals surface area contributed by atoms with E-state index in [0.29, 0.717) is 21.3 Å². The molecule has 1 N–H and O–H groups in total. The average Bonchev–Trinajstić information content (AvgIpc) is 3.44. The van der Waals surface area contributed by atoms with Crippen molar-refractivity contribution in [2.75, 3.05) is 4.90 Å². The number of carbonyl (C=O) groups excluding carboxylic acids is 2. The summed E-state index contributed by atoms with van der Waals surface area (Å²) in [5, 5.41) is 20.5. The smallest absolute Gasteiger partial charge is 0.296 e. The van der Waals surface area contributed by atoms with Crippen molar-refractivity contribution in [3.05, 3.63) is 86.7 Å². The second-order valence-electron chi connectivity index (χ2n) is 6.98. The summed E-state index contributed by atoms with van der Waals surface area (Å²) < 4.78 is 6.49. The van der Waals surface area contributed by atoms with Crippen LogP contribution in [-0.2, 0) is 4.79 Å². The van der Waals surface area contributed by atoms with Gasteiger partial charge in [-0.05, 0) is 36.8 Å². The molecule has 1 aliphatic rings. The van der Waals surface area contributed by atoms with Crippen LogP contribution >= 0.6 is 27.3 Å². The highest BCUT2D eigenvalue weighted by Crippen LogP contribution is 2.43. The van der Waals surface area contributed by atoms with Crippen LogP contribution in [0.5, 0.6) is 0 Å². The van der Waals surface area contributed by atoms with E-state index >= 15 is 0 Å². The largest absolute Gasteiger partial charge is 0.503 e. The minimum absolute atomic E-state index is 0.0471. The number of aryl methyl sites for hydroxylation is 1. The highest BCUT2D eigenvalue weighted by atomic mass is 79.9. The quantitative estimate of drug-likeness (QED) is 0.393. The summed E-state index contributed by atoms with van der Waals surface area (Å²) in [4.78, 5) is 27.9. The maximum atomic E-state index is 13.5. The molecule has 4 aromatic rings.